The highest BCUT2D eigenvalue weighted by Gasteiger charge is 2.15. The van der Waals surface area contributed by atoms with Gasteiger partial charge in [0.1, 0.15) is 5.82 Å². The molecule has 0 saturated carbocycles. The fraction of sp³-hybridized carbons (Fsp3) is 0.562. The zero-order chi connectivity index (χ0) is 13.9. The van der Waals surface area contributed by atoms with Crippen molar-refractivity contribution in [2.45, 2.75) is 39.2 Å². The number of imidazole rings is 1. The summed E-state index contributed by atoms with van der Waals surface area (Å²) in [7, 11) is 0. The lowest BCUT2D eigenvalue weighted by molar-refractivity contribution is 0.351. The van der Waals surface area contributed by atoms with Crippen LogP contribution in [0, 0.1) is 5.92 Å². The van der Waals surface area contributed by atoms with Crippen molar-refractivity contribution < 1.29 is 0 Å². The SMILES string of the molecule is CCn1c(CCC2CCNCC2)nc2ccc(Cl)cc21. The van der Waals surface area contributed by atoms with E-state index in [0.717, 1.165) is 29.4 Å². The van der Waals surface area contributed by atoms with Crippen molar-refractivity contribution in [3.63, 3.8) is 0 Å². The van der Waals surface area contributed by atoms with Gasteiger partial charge in [-0.2, -0.15) is 0 Å². The number of aromatic nitrogens is 2. The molecule has 0 atom stereocenters. The van der Waals surface area contributed by atoms with Gasteiger partial charge in [0.05, 0.1) is 11.0 Å². The van der Waals surface area contributed by atoms with Gasteiger partial charge in [0.25, 0.3) is 0 Å². The van der Waals surface area contributed by atoms with Crippen molar-refractivity contribution in [3.05, 3.63) is 29.0 Å². The second kappa shape index (κ2) is 6.15. The van der Waals surface area contributed by atoms with E-state index in [1.807, 2.05) is 18.2 Å². The Kier molecular flexibility index (Phi) is 4.27. The van der Waals surface area contributed by atoms with Crippen molar-refractivity contribution >= 4 is 22.6 Å². The average molecular weight is 292 g/mol. The van der Waals surface area contributed by atoms with Gasteiger partial charge < -0.3 is 9.88 Å². The van der Waals surface area contributed by atoms with Gasteiger partial charge >= 0.3 is 0 Å². The molecule has 1 aliphatic rings. The summed E-state index contributed by atoms with van der Waals surface area (Å²) < 4.78 is 2.31. The van der Waals surface area contributed by atoms with Gasteiger partial charge in [-0.15, -0.1) is 0 Å². The van der Waals surface area contributed by atoms with E-state index >= 15 is 0 Å². The van der Waals surface area contributed by atoms with Crippen LogP contribution in [0.15, 0.2) is 18.2 Å². The summed E-state index contributed by atoms with van der Waals surface area (Å²) in [4.78, 5) is 4.80. The Morgan fingerprint density at radius 3 is 2.90 bits per heavy atom. The molecule has 108 valence electrons. The predicted molar refractivity (Wildman–Crippen MR) is 84.3 cm³/mol. The van der Waals surface area contributed by atoms with Crippen LogP contribution in [0.25, 0.3) is 11.0 Å². The summed E-state index contributed by atoms with van der Waals surface area (Å²) in [6.45, 7) is 5.48. The van der Waals surface area contributed by atoms with E-state index in [0.29, 0.717) is 0 Å². The molecule has 4 heteroatoms. The lowest BCUT2D eigenvalue weighted by atomic mass is 9.93. The first-order chi connectivity index (χ1) is 9.78. The number of hydrogen-bond acceptors (Lipinski definition) is 2. The van der Waals surface area contributed by atoms with Gasteiger partial charge in [0.15, 0.2) is 0 Å². The Hall–Kier alpha value is -1.06. The number of piperidine rings is 1. The van der Waals surface area contributed by atoms with Crippen LogP contribution >= 0.6 is 11.6 Å². The Labute approximate surface area is 125 Å². The molecule has 1 fully saturated rings. The Bertz CT molecular complexity index is 585. The molecule has 0 spiro atoms. The van der Waals surface area contributed by atoms with Gasteiger partial charge in [0, 0.05) is 18.0 Å². The molecule has 20 heavy (non-hydrogen) atoms. The molecule has 2 heterocycles. The quantitative estimate of drug-likeness (QED) is 0.932. The number of nitrogens with one attached hydrogen (secondary N) is 1. The minimum Gasteiger partial charge on any atom is -0.328 e. The summed E-state index contributed by atoms with van der Waals surface area (Å²) in [6.07, 6.45) is 4.93. The molecule has 1 N–H and O–H groups in total. The van der Waals surface area contributed by atoms with E-state index in [-0.39, 0.29) is 0 Å². The first-order valence-corrected chi connectivity index (χ1v) is 8.01. The van der Waals surface area contributed by atoms with Gasteiger partial charge in [-0.1, -0.05) is 11.6 Å². The van der Waals surface area contributed by atoms with Crippen molar-refractivity contribution in [1.29, 1.82) is 0 Å². The molecule has 1 aromatic heterocycles. The van der Waals surface area contributed by atoms with Crippen LogP contribution < -0.4 is 5.32 Å². The maximum absolute atomic E-state index is 6.11. The molecular formula is C16H22ClN3. The van der Waals surface area contributed by atoms with E-state index in [1.54, 1.807) is 0 Å². The molecule has 3 nitrogen and oxygen atoms in total. The second-order valence-corrected chi connectivity index (χ2v) is 6.07. The number of aryl methyl sites for hydroxylation is 2. The van der Waals surface area contributed by atoms with E-state index in [2.05, 4.69) is 16.8 Å². The van der Waals surface area contributed by atoms with E-state index in [9.17, 15) is 0 Å². The molecule has 0 amide bonds. The Balaban J connectivity index is 1.79. The number of benzene rings is 1. The van der Waals surface area contributed by atoms with E-state index in [1.165, 1.54) is 43.7 Å². The molecular weight excluding hydrogens is 270 g/mol. The summed E-state index contributed by atoms with van der Waals surface area (Å²) >= 11 is 6.11. The first kappa shape index (κ1) is 13.9. The van der Waals surface area contributed by atoms with Crippen molar-refractivity contribution in [1.82, 2.24) is 14.9 Å². The van der Waals surface area contributed by atoms with Gasteiger partial charge in [-0.25, -0.2) is 4.98 Å². The third-order valence-electron chi connectivity index (χ3n) is 4.34. The molecule has 0 aliphatic carbocycles. The first-order valence-electron chi connectivity index (χ1n) is 7.63. The summed E-state index contributed by atoms with van der Waals surface area (Å²) in [5, 5.41) is 4.22. The minimum absolute atomic E-state index is 0.789. The number of hydrogen-bond donors (Lipinski definition) is 1. The maximum atomic E-state index is 6.11. The fourth-order valence-electron chi connectivity index (χ4n) is 3.19. The number of rotatable bonds is 4. The third-order valence-corrected chi connectivity index (χ3v) is 4.58. The van der Waals surface area contributed by atoms with Crippen LogP contribution in [0.1, 0.15) is 32.0 Å². The van der Waals surface area contributed by atoms with E-state index < -0.39 is 0 Å². The molecule has 1 saturated heterocycles. The summed E-state index contributed by atoms with van der Waals surface area (Å²) in [5.74, 6) is 2.06. The highest BCUT2D eigenvalue weighted by molar-refractivity contribution is 6.31. The Morgan fingerprint density at radius 1 is 1.35 bits per heavy atom. The molecule has 1 aliphatic heterocycles. The molecule has 0 radical (unpaired) electrons. The lowest BCUT2D eigenvalue weighted by Crippen LogP contribution is -2.28. The molecule has 1 aromatic carbocycles. The van der Waals surface area contributed by atoms with Crippen LogP contribution in [0.4, 0.5) is 0 Å². The molecule has 0 bridgehead atoms. The van der Waals surface area contributed by atoms with Crippen LogP contribution in [0.5, 0.6) is 0 Å². The third kappa shape index (κ3) is 2.84. The fourth-order valence-corrected chi connectivity index (χ4v) is 3.36. The maximum Gasteiger partial charge on any atom is 0.109 e. The van der Waals surface area contributed by atoms with Gasteiger partial charge in [-0.3, -0.25) is 0 Å². The van der Waals surface area contributed by atoms with Gasteiger partial charge in [0.2, 0.25) is 0 Å². The number of fused-ring (bicyclic) bond motifs is 1. The minimum atomic E-state index is 0.789. The molecule has 3 rings (SSSR count). The van der Waals surface area contributed by atoms with Crippen molar-refractivity contribution in [2.75, 3.05) is 13.1 Å². The predicted octanol–water partition coefficient (Wildman–Crippen LogP) is 3.64. The molecule has 2 aromatic rings. The second-order valence-electron chi connectivity index (χ2n) is 5.64. The standard InChI is InChI=1S/C16H22ClN3/c1-2-20-15-11-13(17)4-5-14(15)19-16(20)6-3-12-7-9-18-10-8-12/h4-5,11-12,18H,2-3,6-10H2,1H3. The van der Waals surface area contributed by atoms with E-state index in [4.69, 9.17) is 16.6 Å². The zero-order valence-corrected chi connectivity index (χ0v) is 12.8. The van der Waals surface area contributed by atoms with Crippen LogP contribution in [-0.4, -0.2) is 22.6 Å². The molecule has 0 unspecified atom stereocenters. The van der Waals surface area contributed by atoms with Crippen molar-refractivity contribution in [2.24, 2.45) is 5.92 Å². The average Bonchev–Trinajstić information content (AvgIpc) is 2.83. The zero-order valence-electron chi connectivity index (χ0n) is 12.0. The summed E-state index contributed by atoms with van der Waals surface area (Å²) in [5.41, 5.74) is 2.23. The van der Waals surface area contributed by atoms with Crippen LogP contribution in [0.3, 0.4) is 0 Å². The van der Waals surface area contributed by atoms with Gasteiger partial charge in [-0.05, 0) is 63.4 Å². The highest BCUT2D eigenvalue weighted by atomic mass is 35.5. The smallest absolute Gasteiger partial charge is 0.109 e. The lowest BCUT2D eigenvalue weighted by Gasteiger charge is -2.22. The number of halogens is 1. The normalized spacial score (nSPS) is 16.9. The van der Waals surface area contributed by atoms with Crippen LogP contribution in [0.2, 0.25) is 5.02 Å². The Morgan fingerprint density at radius 2 is 2.15 bits per heavy atom. The largest absolute Gasteiger partial charge is 0.328 e. The highest BCUT2D eigenvalue weighted by Crippen LogP contribution is 2.23. The number of nitrogens with zero attached hydrogens (tertiary/aromatic N) is 2. The van der Waals surface area contributed by atoms with Crippen LogP contribution in [-0.2, 0) is 13.0 Å². The monoisotopic (exact) mass is 291 g/mol. The summed E-state index contributed by atoms with van der Waals surface area (Å²) in [6, 6.07) is 5.98. The topological polar surface area (TPSA) is 29.9 Å². The van der Waals surface area contributed by atoms with Crippen molar-refractivity contribution in [3.8, 4) is 0 Å².